The third kappa shape index (κ3) is 1.52. The van der Waals surface area contributed by atoms with Crippen LogP contribution in [0, 0.1) is 10.7 Å². The van der Waals surface area contributed by atoms with E-state index in [0.29, 0.717) is 5.69 Å². The Bertz CT molecular complexity index is 275. The van der Waals surface area contributed by atoms with Gasteiger partial charge in [0.25, 0.3) is 0 Å². The van der Waals surface area contributed by atoms with E-state index < -0.39 is 0 Å². The number of hydrogen-bond acceptors (Lipinski definition) is 3. The van der Waals surface area contributed by atoms with Gasteiger partial charge in [-0.1, -0.05) is 0 Å². The molecule has 0 aliphatic heterocycles. The molecule has 0 fully saturated rings. The summed E-state index contributed by atoms with van der Waals surface area (Å²) in [6.07, 6.45) is 0. The average molecular weight is 154 g/mol. The van der Waals surface area contributed by atoms with Crippen molar-refractivity contribution in [1.82, 2.24) is 0 Å². The molecule has 11 heavy (non-hydrogen) atoms. The first-order valence-electron chi connectivity index (χ1n) is 3.08. The van der Waals surface area contributed by atoms with Gasteiger partial charge in [0, 0.05) is 7.05 Å². The van der Waals surface area contributed by atoms with Crippen LogP contribution in [-0.4, -0.2) is 7.05 Å². The van der Waals surface area contributed by atoms with Crippen LogP contribution in [-0.2, 0) is 0 Å². The van der Waals surface area contributed by atoms with E-state index in [1.54, 1.807) is 7.05 Å². The maximum atomic E-state index is 12.5. The highest BCUT2D eigenvalue weighted by molar-refractivity contribution is 5.64. The molecule has 0 atom stereocenters. The number of hydrogen-bond donors (Lipinski definition) is 1. The Balaban J connectivity index is 3.16. The third-order valence-electron chi connectivity index (χ3n) is 1.33. The quantitative estimate of drug-likeness (QED) is 0.664. The summed E-state index contributed by atoms with van der Waals surface area (Å²) in [6, 6.07) is 3.74. The molecule has 0 aromatic heterocycles. The van der Waals surface area contributed by atoms with Gasteiger partial charge in [0.2, 0.25) is 0 Å². The Morgan fingerprint density at radius 1 is 1.55 bits per heavy atom. The van der Waals surface area contributed by atoms with Crippen molar-refractivity contribution in [3.63, 3.8) is 0 Å². The smallest absolute Gasteiger partial charge is 0.131 e. The molecule has 1 rings (SSSR count). The fourth-order valence-electron chi connectivity index (χ4n) is 0.788. The van der Waals surface area contributed by atoms with Crippen LogP contribution in [0.3, 0.4) is 0 Å². The molecule has 0 bridgehead atoms. The predicted molar refractivity (Wildman–Crippen MR) is 41.4 cm³/mol. The average Bonchev–Trinajstić information content (AvgIpc) is 2.04. The van der Waals surface area contributed by atoms with Crippen LogP contribution in [0.15, 0.2) is 23.4 Å². The molecule has 0 heterocycles. The van der Waals surface area contributed by atoms with E-state index in [9.17, 15) is 9.30 Å². The second-order valence-electron chi connectivity index (χ2n) is 2.00. The number of anilines is 1. The lowest BCUT2D eigenvalue weighted by Gasteiger charge is -2.00. The van der Waals surface area contributed by atoms with E-state index in [-0.39, 0.29) is 11.5 Å². The van der Waals surface area contributed by atoms with Crippen molar-refractivity contribution in [2.75, 3.05) is 12.4 Å². The van der Waals surface area contributed by atoms with Gasteiger partial charge in [0.1, 0.15) is 11.5 Å². The second kappa shape index (κ2) is 3.09. The summed E-state index contributed by atoms with van der Waals surface area (Å²) in [5.74, 6) is -0.387. The van der Waals surface area contributed by atoms with Crippen LogP contribution in [0.5, 0.6) is 0 Å². The molecule has 0 radical (unpaired) electrons. The molecule has 58 valence electrons. The summed E-state index contributed by atoms with van der Waals surface area (Å²) in [5, 5.41) is 5.36. The molecule has 0 saturated carbocycles. The molecule has 1 aromatic carbocycles. The molecule has 0 aliphatic rings. The minimum absolute atomic E-state index is 0.217. The van der Waals surface area contributed by atoms with Gasteiger partial charge in [0.15, 0.2) is 0 Å². The fourth-order valence-corrected chi connectivity index (χ4v) is 0.788. The van der Waals surface area contributed by atoms with Gasteiger partial charge in [0.05, 0.1) is 5.69 Å². The fraction of sp³-hybridized carbons (Fsp3) is 0.143. The molecule has 0 amide bonds. The predicted octanol–water partition coefficient (Wildman–Crippen LogP) is 2.27. The first kappa shape index (κ1) is 7.65. The highest BCUT2D eigenvalue weighted by Crippen LogP contribution is 2.24. The Hall–Kier alpha value is -1.45. The zero-order chi connectivity index (χ0) is 8.27. The van der Waals surface area contributed by atoms with Crippen molar-refractivity contribution in [1.29, 1.82) is 0 Å². The lowest BCUT2D eigenvalue weighted by atomic mass is 10.2. The van der Waals surface area contributed by atoms with Crippen molar-refractivity contribution < 1.29 is 4.39 Å². The number of nitroso groups, excluding NO2 is 1. The third-order valence-corrected chi connectivity index (χ3v) is 1.33. The highest BCUT2D eigenvalue weighted by Gasteiger charge is 2.00. The molecule has 3 nitrogen and oxygen atoms in total. The van der Waals surface area contributed by atoms with Crippen LogP contribution in [0.2, 0.25) is 0 Å². The van der Waals surface area contributed by atoms with Crippen LogP contribution in [0.4, 0.5) is 15.8 Å². The van der Waals surface area contributed by atoms with Gasteiger partial charge in [-0.2, -0.15) is 0 Å². The Morgan fingerprint density at radius 3 is 2.82 bits per heavy atom. The maximum Gasteiger partial charge on any atom is 0.131 e. The normalized spacial score (nSPS) is 9.27. The van der Waals surface area contributed by atoms with Crippen LogP contribution in [0.25, 0.3) is 0 Å². The van der Waals surface area contributed by atoms with E-state index in [1.165, 1.54) is 18.2 Å². The lowest BCUT2D eigenvalue weighted by molar-refractivity contribution is 0.628. The van der Waals surface area contributed by atoms with Crippen molar-refractivity contribution in [3.8, 4) is 0 Å². The molecular formula is C7H7FN2O. The minimum Gasteiger partial charge on any atom is -0.386 e. The van der Waals surface area contributed by atoms with Crippen LogP contribution < -0.4 is 5.32 Å². The van der Waals surface area contributed by atoms with Crippen LogP contribution in [0.1, 0.15) is 0 Å². The standard InChI is InChI=1S/C7H7FN2O/c1-9-7-4-5(8)2-3-6(7)10-11/h2-4,9H,1H3. The van der Waals surface area contributed by atoms with E-state index >= 15 is 0 Å². The zero-order valence-electron chi connectivity index (χ0n) is 5.97. The van der Waals surface area contributed by atoms with E-state index in [2.05, 4.69) is 10.5 Å². The van der Waals surface area contributed by atoms with Crippen molar-refractivity contribution in [2.24, 2.45) is 5.18 Å². The lowest BCUT2D eigenvalue weighted by Crippen LogP contribution is -1.88. The Morgan fingerprint density at radius 2 is 2.27 bits per heavy atom. The summed E-state index contributed by atoms with van der Waals surface area (Å²) in [6.45, 7) is 0. The van der Waals surface area contributed by atoms with Gasteiger partial charge >= 0.3 is 0 Å². The van der Waals surface area contributed by atoms with Gasteiger partial charge < -0.3 is 5.32 Å². The summed E-state index contributed by atoms with van der Waals surface area (Å²) >= 11 is 0. The van der Waals surface area contributed by atoms with Crippen LogP contribution >= 0.6 is 0 Å². The maximum absolute atomic E-state index is 12.5. The number of benzene rings is 1. The number of rotatable bonds is 2. The molecule has 0 aliphatic carbocycles. The summed E-state index contributed by atoms with van der Waals surface area (Å²) < 4.78 is 12.5. The molecule has 1 N–H and O–H groups in total. The van der Waals surface area contributed by atoms with E-state index in [1.807, 2.05) is 0 Å². The molecule has 0 saturated heterocycles. The summed E-state index contributed by atoms with van der Waals surface area (Å²) in [4.78, 5) is 10.1. The molecule has 1 aromatic rings. The number of nitrogens with zero attached hydrogens (tertiary/aromatic N) is 1. The summed E-state index contributed by atoms with van der Waals surface area (Å²) in [7, 11) is 1.60. The van der Waals surface area contributed by atoms with Crippen molar-refractivity contribution in [2.45, 2.75) is 0 Å². The topological polar surface area (TPSA) is 41.5 Å². The van der Waals surface area contributed by atoms with E-state index in [0.717, 1.165) is 0 Å². The largest absolute Gasteiger partial charge is 0.386 e. The number of halogens is 1. The zero-order valence-corrected chi connectivity index (χ0v) is 5.97. The molecule has 0 spiro atoms. The number of nitrogens with one attached hydrogen (secondary N) is 1. The Labute approximate surface area is 63.2 Å². The molecule has 0 unspecified atom stereocenters. The van der Waals surface area contributed by atoms with Gasteiger partial charge in [-0.15, -0.1) is 4.91 Å². The van der Waals surface area contributed by atoms with Gasteiger partial charge in [-0.25, -0.2) is 4.39 Å². The van der Waals surface area contributed by atoms with Crippen molar-refractivity contribution >= 4 is 11.4 Å². The second-order valence-corrected chi connectivity index (χ2v) is 2.00. The van der Waals surface area contributed by atoms with Gasteiger partial charge in [-0.3, -0.25) is 0 Å². The minimum atomic E-state index is -0.387. The molecular weight excluding hydrogens is 147 g/mol. The first-order valence-corrected chi connectivity index (χ1v) is 3.08. The van der Waals surface area contributed by atoms with Crippen molar-refractivity contribution in [3.05, 3.63) is 28.9 Å². The van der Waals surface area contributed by atoms with Gasteiger partial charge in [-0.05, 0) is 23.4 Å². The Kier molecular flexibility index (Phi) is 2.15. The monoisotopic (exact) mass is 154 g/mol. The SMILES string of the molecule is CNc1cc(F)ccc1N=O. The molecule has 4 heteroatoms. The summed E-state index contributed by atoms with van der Waals surface area (Å²) in [5.41, 5.74) is 0.619. The highest BCUT2D eigenvalue weighted by atomic mass is 19.1. The van der Waals surface area contributed by atoms with E-state index in [4.69, 9.17) is 0 Å². The first-order chi connectivity index (χ1) is 5.27.